The fourth-order valence-corrected chi connectivity index (χ4v) is 2.20. The molecule has 0 bridgehead atoms. The van der Waals surface area contributed by atoms with Gasteiger partial charge in [0.1, 0.15) is 0 Å². The minimum atomic E-state index is -0.256. The lowest BCUT2D eigenvalue weighted by atomic mass is 10.1. The van der Waals surface area contributed by atoms with Crippen LogP contribution in [0, 0.1) is 0 Å². The van der Waals surface area contributed by atoms with Crippen molar-refractivity contribution < 1.29 is 9.53 Å². The first-order valence-corrected chi connectivity index (χ1v) is 6.65. The van der Waals surface area contributed by atoms with E-state index in [1.807, 2.05) is 26.0 Å². The molecule has 106 valence electrons. The third-order valence-electron chi connectivity index (χ3n) is 3.17. The summed E-state index contributed by atoms with van der Waals surface area (Å²) in [6.45, 7) is 4.05. The number of methoxy groups -OCH3 is 1. The normalized spacial score (nSPS) is 10.6. The second-order valence-corrected chi connectivity index (χ2v) is 4.33. The van der Waals surface area contributed by atoms with E-state index < -0.39 is 0 Å². The van der Waals surface area contributed by atoms with Gasteiger partial charge in [0.15, 0.2) is 5.82 Å². The van der Waals surface area contributed by atoms with Crippen molar-refractivity contribution in [3.8, 4) is 5.82 Å². The van der Waals surface area contributed by atoms with Crippen molar-refractivity contribution in [2.75, 3.05) is 7.11 Å². The topological polar surface area (TPSA) is 69.9 Å². The van der Waals surface area contributed by atoms with Crippen molar-refractivity contribution in [2.45, 2.75) is 33.1 Å². The number of hydrogen-bond acceptors (Lipinski definition) is 5. The fourth-order valence-electron chi connectivity index (χ4n) is 2.20. The largest absolute Gasteiger partial charge is 0.469 e. The molecule has 2 aromatic rings. The number of aryl methyl sites for hydroxylation is 1. The molecule has 20 heavy (non-hydrogen) atoms. The van der Waals surface area contributed by atoms with Crippen molar-refractivity contribution in [1.29, 1.82) is 0 Å². The van der Waals surface area contributed by atoms with Crippen LogP contribution in [0.5, 0.6) is 0 Å². The van der Waals surface area contributed by atoms with Crippen LogP contribution < -0.4 is 0 Å². The van der Waals surface area contributed by atoms with E-state index in [1.54, 1.807) is 10.9 Å². The summed E-state index contributed by atoms with van der Waals surface area (Å²) in [5.74, 6) is 0.406. The van der Waals surface area contributed by atoms with E-state index in [-0.39, 0.29) is 12.4 Å². The molecule has 0 aliphatic carbocycles. The summed E-state index contributed by atoms with van der Waals surface area (Å²) in [5.41, 5.74) is 2.82. The van der Waals surface area contributed by atoms with Gasteiger partial charge >= 0.3 is 5.97 Å². The van der Waals surface area contributed by atoms with Gasteiger partial charge < -0.3 is 4.74 Å². The first kappa shape index (κ1) is 14.2. The molecule has 0 saturated heterocycles. The first-order valence-electron chi connectivity index (χ1n) is 6.65. The number of rotatable bonds is 5. The number of hydrogen-bond donors (Lipinski definition) is 0. The van der Waals surface area contributed by atoms with Crippen LogP contribution in [0.25, 0.3) is 5.82 Å². The van der Waals surface area contributed by atoms with Crippen LogP contribution >= 0.6 is 0 Å². The summed E-state index contributed by atoms with van der Waals surface area (Å²) >= 11 is 0. The van der Waals surface area contributed by atoms with Crippen LogP contribution in [0.15, 0.2) is 18.3 Å². The minimum Gasteiger partial charge on any atom is -0.469 e. The zero-order valence-corrected chi connectivity index (χ0v) is 12.0. The summed E-state index contributed by atoms with van der Waals surface area (Å²) in [7, 11) is 1.40. The van der Waals surface area contributed by atoms with Crippen LogP contribution in [0.2, 0.25) is 0 Å². The maximum atomic E-state index is 11.6. The van der Waals surface area contributed by atoms with Gasteiger partial charge in [-0.1, -0.05) is 13.8 Å². The monoisotopic (exact) mass is 274 g/mol. The average molecular weight is 274 g/mol. The molecular formula is C14H18N4O2. The molecule has 0 aliphatic rings. The quantitative estimate of drug-likeness (QED) is 0.773. The molecule has 2 aromatic heterocycles. The van der Waals surface area contributed by atoms with Crippen LogP contribution in [-0.2, 0) is 28.8 Å². The standard InChI is InChI=1S/C14H18N4O2/c1-4-11-10(9-14(19)20-3)12(5-2)18(17-11)13-7-6-8-15-16-13/h6-8H,4-5,9H2,1-3H3. The van der Waals surface area contributed by atoms with Gasteiger partial charge in [0.25, 0.3) is 0 Å². The van der Waals surface area contributed by atoms with E-state index in [2.05, 4.69) is 15.3 Å². The molecule has 0 N–H and O–H groups in total. The van der Waals surface area contributed by atoms with Gasteiger partial charge in [-0.3, -0.25) is 4.79 Å². The average Bonchev–Trinajstić information content (AvgIpc) is 2.85. The number of ether oxygens (including phenoxy) is 1. The number of carbonyl (C=O) groups is 1. The minimum absolute atomic E-state index is 0.239. The maximum Gasteiger partial charge on any atom is 0.310 e. The van der Waals surface area contributed by atoms with Crippen molar-refractivity contribution >= 4 is 5.97 Å². The molecule has 0 amide bonds. The highest BCUT2D eigenvalue weighted by molar-refractivity contribution is 5.73. The summed E-state index contributed by atoms with van der Waals surface area (Å²) in [6, 6.07) is 3.66. The van der Waals surface area contributed by atoms with Crippen LogP contribution in [0.1, 0.15) is 30.8 Å². The highest BCUT2D eigenvalue weighted by atomic mass is 16.5. The van der Waals surface area contributed by atoms with Crippen molar-refractivity contribution in [3.05, 3.63) is 35.3 Å². The molecule has 2 heterocycles. The summed E-state index contributed by atoms with van der Waals surface area (Å²) in [4.78, 5) is 11.6. The van der Waals surface area contributed by atoms with Gasteiger partial charge in [-0.2, -0.15) is 10.2 Å². The molecule has 0 spiro atoms. The molecule has 2 rings (SSSR count). The summed E-state index contributed by atoms with van der Waals surface area (Å²) in [6.07, 6.45) is 3.38. The SMILES string of the molecule is CCc1nn(-c2cccnn2)c(CC)c1CC(=O)OC. The second-order valence-electron chi connectivity index (χ2n) is 4.33. The Balaban J connectivity index is 2.51. The Morgan fingerprint density at radius 1 is 1.35 bits per heavy atom. The van der Waals surface area contributed by atoms with Crippen molar-refractivity contribution in [3.63, 3.8) is 0 Å². The van der Waals surface area contributed by atoms with E-state index in [4.69, 9.17) is 4.74 Å². The van der Waals surface area contributed by atoms with E-state index >= 15 is 0 Å². The predicted molar refractivity (Wildman–Crippen MR) is 73.6 cm³/mol. The lowest BCUT2D eigenvalue weighted by molar-refractivity contribution is -0.139. The van der Waals surface area contributed by atoms with Gasteiger partial charge in [0.2, 0.25) is 0 Å². The van der Waals surface area contributed by atoms with Gasteiger partial charge in [-0.15, -0.1) is 5.10 Å². The molecular weight excluding hydrogens is 256 g/mol. The first-order chi connectivity index (χ1) is 9.71. The highest BCUT2D eigenvalue weighted by Gasteiger charge is 2.19. The van der Waals surface area contributed by atoms with Crippen LogP contribution in [0.3, 0.4) is 0 Å². The Morgan fingerprint density at radius 3 is 2.70 bits per heavy atom. The highest BCUT2D eigenvalue weighted by Crippen LogP contribution is 2.20. The van der Waals surface area contributed by atoms with Gasteiger partial charge in [-0.05, 0) is 25.0 Å². The number of aromatic nitrogens is 4. The molecule has 0 saturated carbocycles. The third kappa shape index (κ3) is 2.68. The Kier molecular flexibility index (Phi) is 4.45. The van der Waals surface area contributed by atoms with E-state index in [0.29, 0.717) is 5.82 Å². The van der Waals surface area contributed by atoms with E-state index in [1.165, 1.54) is 7.11 Å². The molecule has 6 heteroatoms. The van der Waals surface area contributed by atoms with E-state index in [0.717, 1.165) is 29.8 Å². The van der Waals surface area contributed by atoms with Crippen LogP contribution in [0.4, 0.5) is 0 Å². The molecule has 6 nitrogen and oxygen atoms in total. The number of carbonyl (C=O) groups excluding carboxylic acids is 1. The van der Waals surface area contributed by atoms with E-state index in [9.17, 15) is 4.79 Å². The summed E-state index contributed by atoms with van der Waals surface area (Å²) in [5, 5.41) is 12.5. The Hall–Kier alpha value is -2.24. The summed E-state index contributed by atoms with van der Waals surface area (Å²) < 4.78 is 6.53. The number of esters is 1. The maximum absolute atomic E-state index is 11.6. The predicted octanol–water partition coefficient (Wildman–Crippen LogP) is 1.50. The molecule has 0 aromatic carbocycles. The second kappa shape index (κ2) is 6.27. The molecule has 0 radical (unpaired) electrons. The lowest BCUT2D eigenvalue weighted by Gasteiger charge is -2.06. The molecule has 0 atom stereocenters. The van der Waals surface area contributed by atoms with Gasteiger partial charge in [-0.25, -0.2) is 4.68 Å². The molecule has 0 aliphatic heterocycles. The van der Waals surface area contributed by atoms with Crippen molar-refractivity contribution in [2.24, 2.45) is 0 Å². The Bertz CT molecular complexity index is 593. The fraction of sp³-hybridized carbons (Fsp3) is 0.429. The Morgan fingerprint density at radius 2 is 2.15 bits per heavy atom. The number of nitrogens with zero attached hydrogens (tertiary/aromatic N) is 4. The van der Waals surface area contributed by atoms with Crippen molar-refractivity contribution in [1.82, 2.24) is 20.0 Å². The molecule has 0 fully saturated rings. The van der Waals surface area contributed by atoms with Gasteiger partial charge in [0.05, 0.1) is 19.2 Å². The Labute approximate surface area is 117 Å². The lowest BCUT2D eigenvalue weighted by Crippen LogP contribution is -2.09. The molecule has 0 unspecified atom stereocenters. The smallest absolute Gasteiger partial charge is 0.310 e. The third-order valence-corrected chi connectivity index (χ3v) is 3.17. The van der Waals surface area contributed by atoms with Crippen LogP contribution in [-0.4, -0.2) is 33.1 Å². The zero-order chi connectivity index (χ0) is 14.5. The zero-order valence-electron chi connectivity index (χ0n) is 12.0. The van der Waals surface area contributed by atoms with Gasteiger partial charge in [0, 0.05) is 17.5 Å².